The summed E-state index contributed by atoms with van der Waals surface area (Å²) in [6.45, 7) is 5.38. The van der Waals surface area contributed by atoms with Crippen LogP contribution >= 0.6 is 0 Å². The third kappa shape index (κ3) is 2.74. The summed E-state index contributed by atoms with van der Waals surface area (Å²) >= 11 is 0. The first-order valence-electron chi connectivity index (χ1n) is 8.14. The topological polar surface area (TPSA) is 46.6 Å². The lowest BCUT2D eigenvalue weighted by atomic mass is 9.82. The standard InChI is InChI=1S/C18H23NO3/c1-3-4-17(21)19-9-7-18(8-10-19)12-15(20)14-11-13(2)5-6-16(14)22-18/h5-6,11H,3-4,7-10,12H2,1-2H3. The number of piperidine rings is 1. The third-order valence-electron chi connectivity index (χ3n) is 4.74. The van der Waals surface area contributed by atoms with Gasteiger partial charge in [-0.1, -0.05) is 18.6 Å². The van der Waals surface area contributed by atoms with Gasteiger partial charge in [-0.15, -0.1) is 0 Å². The molecule has 1 spiro atoms. The van der Waals surface area contributed by atoms with E-state index in [0.29, 0.717) is 37.2 Å². The van der Waals surface area contributed by atoms with Crippen molar-refractivity contribution in [3.8, 4) is 5.75 Å². The minimum Gasteiger partial charge on any atom is -0.486 e. The van der Waals surface area contributed by atoms with E-state index in [4.69, 9.17) is 4.74 Å². The van der Waals surface area contributed by atoms with Gasteiger partial charge >= 0.3 is 0 Å². The van der Waals surface area contributed by atoms with Gasteiger partial charge in [0.1, 0.15) is 11.4 Å². The van der Waals surface area contributed by atoms with Gasteiger partial charge in [-0.05, 0) is 25.5 Å². The molecule has 0 aromatic heterocycles. The molecule has 0 aliphatic carbocycles. The molecule has 2 aliphatic heterocycles. The summed E-state index contributed by atoms with van der Waals surface area (Å²) in [6, 6.07) is 5.79. The van der Waals surface area contributed by atoms with E-state index in [1.165, 1.54) is 0 Å². The zero-order valence-electron chi connectivity index (χ0n) is 13.4. The van der Waals surface area contributed by atoms with Crippen LogP contribution in [0.3, 0.4) is 0 Å². The summed E-state index contributed by atoms with van der Waals surface area (Å²) in [6.07, 6.45) is 3.39. The summed E-state index contributed by atoms with van der Waals surface area (Å²) in [5, 5.41) is 0. The van der Waals surface area contributed by atoms with Gasteiger partial charge in [0.05, 0.1) is 12.0 Å². The van der Waals surface area contributed by atoms with E-state index in [-0.39, 0.29) is 11.7 Å². The molecule has 1 fully saturated rings. The van der Waals surface area contributed by atoms with Crippen molar-refractivity contribution in [1.29, 1.82) is 0 Å². The molecule has 0 bridgehead atoms. The zero-order chi connectivity index (χ0) is 15.7. The van der Waals surface area contributed by atoms with Gasteiger partial charge < -0.3 is 9.64 Å². The molecule has 0 radical (unpaired) electrons. The van der Waals surface area contributed by atoms with Crippen molar-refractivity contribution in [2.24, 2.45) is 0 Å². The van der Waals surface area contributed by atoms with Crippen molar-refractivity contribution in [2.75, 3.05) is 13.1 Å². The van der Waals surface area contributed by atoms with Gasteiger partial charge in [0.2, 0.25) is 5.91 Å². The highest BCUT2D eigenvalue weighted by Crippen LogP contribution is 2.39. The number of ether oxygens (including phenoxy) is 1. The molecule has 118 valence electrons. The smallest absolute Gasteiger partial charge is 0.222 e. The van der Waals surface area contributed by atoms with Crippen LogP contribution in [0.4, 0.5) is 0 Å². The summed E-state index contributed by atoms with van der Waals surface area (Å²) in [5.74, 6) is 1.09. The number of benzene rings is 1. The summed E-state index contributed by atoms with van der Waals surface area (Å²) < 4.78 is 6.22. The number of hydrogen-bond donors (Lipinski definition) is 0. The average Bonchev–Trinajstić information content (AvgIpc) is 2.49. The van der Waals surface area contributed by atoms with Crippen LogP contribution in [0, 0.1) is 6.92 Å². The number of rotatable bonds is 2. The fourth-order valence-corrected chi connectivity index (χ4v) is 3.42. The van der Waals surface area contributed by atoms with Crippen molar-refractivity contribution in [2.45, 2.75) is 51.6 Å². The zero-order valence-corrected chi connectivity index (χ0v) is 13.4. The first kappa shape index (κ1) is 15.1. The lowest BCUT2D eigenvalue weighted by Crippen LogP contribution is -2.52. The van der Waals surface area contributed by atoms with Gasteiger partial charge in [-0.25, -0.2) is 0 Å². The Balaban J connectivity index is 1.73. The van der Waals surface area contributed by atoms with E-state index in [1.807, 2.05) is 36.9 Å². The average molecular weight is 301 g/mol. The molecule has 22 heavy (non-hydrogen) atoms. The quantitative estimate of drug-likeness (QED) is 0.843. The largest absolute Gasteiger partial charge is 0.486 e. The van der Waals surface area contributed by atoms with E-state index in [0.717, 1.165) is 24.8 Å². The third-order valence-corrected chi connectivity index (χ3v) is 4.74. The number of carbonyl (C=O) groups is 2. The van der Waals surface area contributed by atoms with Crippen LogP contribution in [0.25, 0.3) is 0 Å². The van der Waals surface area contributed by atoms with Crippen LogP contribution in [0.5, 0.6) is 5.75 Å². The predicted molar refractivity (Wildman–Crippen MR) is 84.2 cm³/mol. The van der Waals surface area contributed by atoms with Gasteiger partial charge in [-0.2, -0.15) is 0 Å². The van der Waals surface area contributed by atoms with E-state index in [9.17, 15) is 9.59 Å². The van der Waals surface area contributed by atoms with Crippen molar-refractivity contribution in [3.05, 3.63) is 29.3 Å². The number of fused-ring (bicyclic) bond motifs is 1. The number of nitrogens with zero attached hydrogens (tertiary/aromatic N) is 1. The van der Waals surface area contributed by atoms with Crippen LogP contribution in [0.2, 0.25) is 0 Å². The first-order chi connectivity index (χ1) is 10.5. The highest BCUT2D eigenvalue weighted by Gasteiger charge is 2.43. The molecule has 1 amide bonds. The minimum atomic E-state index is -0.414. The number of hydrogen-bond acceptors (Lipinski definition) is 3. The molecule has 1 aromatic rings. The van der Waals surface area contributed by atoms with Crippen LogP contribution in [0.1, 0.15) is 54.9 Å². The Morgan fingerprint density at radius 2 is 2.05 bits per heavy atom. The highest BCUT2D eigenvalue weighted by molar-refractivity contribution is 6.00. The van der Waals surface area contributed by atoms with Crippen LogP contribution in [-0.2, 0) is 4.79 Å². The number of likely N-dealkylation sites (tertiary alicyclic amines) is 1. The first-order valence-corrected chi connectivity index (χ1v) is 8.14. The fourth-order valence-electron chi connectivity index (χ4n) is 3.42. The lowest BCUT2D eigenvalue weighted by molar-refractivity contribution is -0.134. The Morgan fingerprint density at radius 3 is 2.73 bits per heavy atom. The molecule has 4 heteroatoms. The monoisotopic (exact) mass is 301 g/mol. The summed E-state index contributed by atoms with van der Waals surface area (Å²) in [7, 11) is 0. The molecule has 0 unspecified atom stereocenters. The molecule has 3 rings (SSSR count). The van der Waals surface area contributed by atoms with E-state index in [1.54, 1.807) is 0 Å². The molecule has 1 aromatic carbocycles. The number of aryl methyl sites for hydroxylation is 1. The summed E-state index contributed by atoms with van der Waals surface area (Å²) in [5.41, 5.74) is 1.37. The number of ketones is 1. The molecular formula is C18H23NO3. The number of carbonyl (C=O) groups excluding carboxylic acids is 2. The maximum absolute atomic E-state index is 12.5. The molecule has 0 atom stereocenters. The molecule has 0 N–H and O–H groups in total. The van der Waals surface area contributed by atoms with Gasteiger partial charge in [0, 0.05) is 32.4 Å². The molecule has 0 saturated carbocycles. The maximum Gasteiger partial charge on any atom is 0.222 e. The highest BCUT2D eigenvalue weighted by atomic mass is 16.5. The number of amides is 1. The molecule has 2 aliphatic rings. The van der Waals surface area contributed by atoms with Gasteiger partial charge in [0.15, 0.2) is 5.78 Å². The molecule has 2 heterocycles. The molecular weight excluding hydrogens is 278 g/mol. The Morgan fingerprint density at radius 1 is 1.32 bits per heavy atom. The molecule has 4 nitrogen and oxygen atoms in total. The summed E-state index contributed by atoms with van der Waals surface area (Å²) in [4.78, 5) is 26.4. The molecule has 1 saturated heterocycles. The second-order valence-corrected chi connectivity index (χ2v) is 6.52. The van der Waals surface area contributed by atoms with Gasteiger partial charge in [0.25, 0.3) is 0 Å². The van der Waals surface area contributed by atoms with Crippen LogP contribution < -0.4 is 4.74 Å². The van der Waals surface area contributed by atoms with Crippen molar-refractivity contribution < 1.29 is 14.3 Å². The SMILES string of the molecule is CCCC(=O)N1CCC2(CC1)CC(=O)c1cc(C)ccc1O2. The fraction of sp³-hybridized carbons (Fsp3) is 0.556. The Kier molecular flexibility index (Phi) is 3.94. The van der Waals surface area contributed by atoms with Crippen molar-refractivity contribution in [3.63, 3.8) is 0 Å². The maximum atomic E-state index is 12.5. The van der Waals surface area contributed by atoms with Gasteiger partial charge in [-0.3, -0.25) is 9.59 Å². The Hall–Kier alpha value is -1.84. The van der Waals surface area contributed by atoms with E-state index in [2.05, 4.69) is 0 Å². The van der Waals surface area contributed by atoms with Crippen molar-refractivity contribution >= 4 is 11.7 Å². The normalized spacial score (nSPS) is 19.7. The Labute approximate surface area is 131 Å². The van der Waals surface area contributed by atoms with Crippen LogP contribution in [-0.4, -0.2) is 35.3 Å². The lowest BCUT2D eigenvalue weighted by Gasteiger charge is -2.44. The Bertz CT molecular complexity index is 600. The van der Waals surface area contributed by atoms with E-state index >= 15 is 0 Å². The van der Waals surface area contributed by atoms with Crippen molar-refractivity contribution in [1.82, 2.24) is 4.90 Å². The second kappa shape index (κ2) is 5.75. The predicted octanol–water partition coefficient (Wildman–Crippen LogP) is 3.12. The van der Waals surface area contributed by atoms with E-state index < -0.39 is 5.60 Å². The second-order valence-electron chi connectivity index (χ2n) is 6.52. The minimum absolute atomic E-state index is 0.165. The number of Topliss-reactive ketones (excluding diaryl/α,β-unsaturated/α-hetero) is 1. The van der Waals surface area contributed by atoms with Crippen LogP contribution in [0.15, 0.2) is 18.2 Å².